The van der Waals surface area contributed by atoms with E-state index in [2.05, 4.69) is 14.7 Å². The van der Waals surface area contributed by atoms with Crippen molar-refractivity contribution in [3.05, 3.63) is 41.1 Å². The van der Waals surface area contributed by atoms with Gasteiger partial charge in [-0.25, -0.2) is 18.4 Å². The van der Waals surface area contributed by atoms with Crippen molar-refractivity contribution in [1.29, 1.82) is 0 Å². The van der Waals surface area contributed by atoms with Gasteiger partial charge in [-0.05, 0) is 36.2 Å². The summed E-state index contributed by atoms with van der Waals surface area (Å²) in [6.07, 6.45) is 1.68. The van der Waals surface area contributed by atoms with E-state index >= 15 is 0 Å². The molecule has 0 spiro atoms. The lowest BCUT2D eigenvalue weighted by atomic mass is 10.1. The zero-order chi connectivity index (χ0) is 15.7. The SMILES string of the molecule is CCS(=O)(=O)Nc1cccc(-c2csc3cnc(Cl)nc23)c1. The fraction of sp³-hybridized carbons (Fsp3) is 0.143. The number of fused-ring (bicyclic) bond motifs is 1. The van der Waals surface area contributed by atoms with Gasteiger partial charge >= 0.3 is 0 Å². The molecule has 22 heavy (non-hydrogen) atoms. The number of benzene rings is 1. The molecule has 3 aromatic rings. The first-order valence-electron chi connectivity index (χ1n) is 6.49. The number of hydrogen-bond donors (Lipinski definition) is 1. The summed E-state index contributed by atoms with van der Waals surface area (Å²) in [5.41, 5.74) is 3.07. The van der Waals surface area contributed by atoms with Crippen LogP contribution in [-0.4, -0.2) is 24.1 Å². The second-order valence-corrected chi connectivity index (χ2v) is 7.85. The number of halogens is 1. The second kappa shape index (κ2) is 5.83. The van der Waals surface area contributed by atoms with Crippen molar-refractivity contribution in [3.8, 4) is 11.1 Å². The van der Waals surface area contributed by atoms with Gasteiger partial charge in [-0.15, -0.1) is 11.3 Å². The number of aromatic nitrogens is 2. The van der Waals surface area contributed by atoms with E-state index in [0.717, 1.165) is 21.3 Å². The van der Waals surface area contributed by atoms with E-state index in [0.29, 0.717) is 5.69 Å². The maximum Gasteiger partial charge on any atom is 0.232 e. The normalized spacial score (nSPS) is 11.7. The van der Waals surface area contributed by atoms with Gasteiger partial charge in [0.15, 0.2) is 0 Å². The third-order valence-corrected chi connectivity index (χ3v) is 5.51. The van der Waals surface area contributed by atoms with E-state index in [-0.39, 0.29) is 11.0 Å². The van der Waals surface area contributed by atoms with E-state index in [9.17, 15) is 8.42 Å². The molecule has 0 bridgehead atoms. The van der Waals surface area contributed by atoms with Crippen LogP contribution in [0.15, 0.2) is 35.8 Å². The molecule has 1 N–H and O–H groups in total. The smallest absolute Gasteiger partial charge is 0.232 e. The highest BCUT2D eigenvalue weighted by molar-refractivity contribution is 7.92. The van der Waals surface area contributed by atoms with Gasteiger partial charge in [0.1, 0.15) is 0 Å². The molecule has 0 radical (unpaired) electrons. The molecular weight excluding hydrogens is 342 g/mol. The molecule has 114 valence electrons. The number of anilines is 1. The van der Waals surface area contributed by atoms with Crippen LogP contribution in [0.3, 0.4) is 0 Å². The molecule has 2 heterocycles. The summed E-state index contributed by atoms with van der Waals surface area (Å²) in [6, 6.07) is 7.20. The Balaban J connectivity index is 2.06. The molecule has 0 aliphatic rings. The predicted molar refractivity (Wildman–Crippen MR) is 90.9 cm³/mol. The molecule has 0 saturated carbocycles. The largest absolute Gasteiger partial charge is 0.284 e. The summed E-state index contributed by atoms with van der Waals surface area (Å²) >= 11 is 7.38. The summed E-state index contributed by atoms with van der Waals surface area (Å²) in [4.78, 5) is 8.22. The quantitative estimate of drug-likeness (QED) is 0.724. The Kier molecular flexibility index (Phi) is 4.03. The van der Waals surface area contributed by atoms with Gasteiger partial charge in [0.25, 0.3) is 0 Å². The summed E-state index contributed by atoms with van der Waals surface area (Å²) in [6.45, 7) is 1.59. The Morgan fingerprint density at radius 3 is 2.95 bits per heavy atom. The molecule has 8 heteroatoms. The Morgan fingerprint density at radius 1 is 1.36 bits per heavy atom. The first kappa shape index (κ1) is 15.2. The molecule has 0 aliphatic heterocycles. The van der Waals surface area contributed by atoms with Crippen molar-refractivity contribution in [2.75, 3.05) is 10.5 Å². The van der Waals surface area contributed by atoms with Crippen LogP contribution in [-0.2, 0) is 10.0 Å². The highest BCUT2D eigenvalue weighted by Crippen LogP contribution is 2.33. The number of nitrogens with zero attached hydrogens (tertiary/aromatic N) is 2. The lowest BCUT2D eigenvalue weighted by molar-refractivity contribution is 0.602. The van der Waals surface area contributed by atoms with Crippen LogP contribution in [0, 0.1) is 0 Å². The van der Waals surface area contributed by atoms with Crippen molar-refractivity contribution in [1.82, 2.24) is 9.97 Å². The first-order valence-corrected chi connectivity index (χ1v) is 9.40. The second-order valence-electron chi connectivity index (χ2n) is 4.59. The van der Waals surface area contributed by atoms with Crippen molar-refractivity contribution < 1.29 is 8.42 Å². The first-order chi connectivity index (χ1) is 10.5. The van der Waals surface area contributed by atoms with Gasteiger partial charge < -0.3 is 0 Å². The molecule has 2 aromatic heterocycles. The molecule has 0 saturated heterocycles. The average Bonchev–Trinajstić information content (AvgIpc) is 2.90. The van der Waals surface area contributed by atoms with Gasteiger partial charge in [-0.3, -0.25) is 4.72 Å². The highest BCUT2D eigenvalue weighted by atomic mass is 35.5. The van der Waals surface area contributed by atoms with E-state index < -0.39 is 10.0 Å². The van der Waals surface area contributed by atoms with Crippen LogP contribution in [0.1, 0.15) is 6.92 Å². The number of nitrogens with one attached hydrogen (secondary N) is 1. The van der Waals surface area contributed by atoms with E-state index in [1.807, 2.05) is 11.4 Å². The number of rotatable bonds is 4. The van der Waals surface area contributed by atoms with Gasteiger partial charge in [-0.1, -0.05) is 12.1 Å². The van der Waals surface area contributed by atoms with Crippen LogP contribution in [0.2, 0.25) is 5.28 Å². The minimum Gasteiger partial charge on any atom is -0.284 e. The highest BCUT2D eigenvalue weighted by Gasteiger charge is 2.11. The molecule has 3 rings (SSSR count). The van der Waals surface area contributed by atoms with Crippen LogP contribution >= 0.6 is 22.9 Å². The maximum absolute atomic E-state index is 11.7. The summed E-state index contributed by atoms with van der Waals surface area (Å²) in [7, 11) is -3.30. The third kappa shape index (κ3) is 3.06. The van der Waals surface area contributed by atoms with Crippen molar-refractivity contribution in [3.63, 3.8) is 0 Å². The Bertz CT molecular complexity index is 938. The Morgan fingerprint density at radius 2 is 2.18 bits per heavy atom. The predicted octanol–water partition coefficient (Wildman–Crippen LogP) is 3.77. The zero-order valence-corrected chi connectivity index (χ0v) is 14.0. The Hall–Kier alpha value is -1.70. The van der Waals surface area contributed by atoms with Crippen molar-refractivity contribution in [2.24, 2.45) is 0 Å². The minimum atomic E-state index is -3.30. The average molecular weight is 354 g/mol. The van der Waals surface area contributed by atoms with Gasteiger partial charge in [0.2, 0.25) is 15.3 Å². The molecule has 5 nitrogen and oxygen atoms in total. The van der Waals surface area contributed by atoms with Gasteiger partial charge in [0, 0.05) is 22.8 Å². The summed E-state index contributed by atoms with van der Waals surface area (Å²) in [5.74, 6) is 0.0292. The minimum absolute atomic E-state index is 0.0292. The van der Waals surface area contributed by atoms with Crippen molar-refractivity contribution >= 4 is 48.9 Å². The molecule has 0 atom stereocenters. The molecule has 0 aliphatic carbocycles. The van der Waals surface area contributed by atoms with Crippen LogP contribution in [0.4, 0.5) is 5.69 Å². The maximum atomic E-state index is 11.7. The lowest BCUT2D eigenvalue weighted by Gasteiger charge is -2.07. The third-order valence-electron chi connectivity index (χ3n) is 3.11. The standard InChI is InChI=1S/C14H12ClN3O2S2/c1-2-22(19,20)18-10-5-3-4-9(6-10)11-8-21-12-7-16-14(15)17-13(11)12/h3-8,18H,2H2,1H3. The fourth-order valence-electron chi connectivity index (χ4n) is 2.01. The van der Waals surface area contributed by atoms with Crippen molar-refractivity contribution in [2.45, 2.75) is 6.92 Å². The molecular formula is C14H12ClN3O2S2. The molecule has 1 aromatic carbocycles. The van der Waals surface area contributed by atoms with E-state index in [4.69, 9.17) is 11.6 Å². The fourth-order valence-corrected chi connectivity index (χ4v) is 3.65. The van der Waals surface area contributed by atoms with Crippen LogP contribution in [0.5, 0.6) is 0 Å². The van der Waals surface area contributed by atoms with E-state index in [1.54, 1.807) is 31.3 Å². The zero-order valence-electron chi connectivity index (χ0n) is 11.6. The van der Waals surface area contributed by atoms with E-state index in [1.165, 1.54) is 11.3 Å². The topological polar surface area (TPSA) is 72.0 Å². The number of thiophene rings is 1. The van der Waals surface area contributed by atoms with Gasteiger partial charge in [0.05, 0.1) is 16.0 Å². The molecule has 0 unspecified atom stereocenters. The summed E-state index contributed by atoms with van der Waals surface area (Å²) in [5, 5.41) is 2.15. The monoisotopic (exact) mass is 353 g/mol. The molecule has 0 amide bonds. The van der Waals surface area contributed by atoms with Crippen LogP contribution < -0.4 is 4.72 Å². The molecule has 0 fully saturated rings. The number of sulfonamides is 1. The lowest BCUT2D eigenvalue weighted by Crippen LogP contribution is -2.14. The summed E-state index contributed by atoms with van der Waals surface area (Å²) < 4.78 is 26.8. The van der Waals surface area contributed by atoms with Crippen LogP contribution in [0.25, 0.3) is 21.3 Å². The number of hydrogen-bond acceptors (Lipinski definition) is 5. The van der Waals surface area contributed by atoms with Gasteiger partial charge in [-0.2, -0.15) is 0 Å². The Labute approximate surface area is 137 Å².